The van der Waals surface area contributed by atoms with Crippen molar-refractivity contribution in [2.24, 2.45) is 0 Å². The van der Waals surface area contributed by atoms with Crippen LogP contribution in [0.5, 0.6) is 0 Å². The molecular weight excluding hydrogens is 803 g/mol. The Kier molecular flexibility index (Phi) is 54.0. The second kappa shape index (κ2) is 55.2. The number of aliphatic hydroxyl groups is 2. The summed E-state index contributed by atoms with van der Waals surface area (Å²) in [5.41, 5.74) is 0. The third kappa shape index (κ3) is 51.8. The first-order valence-electron chi connectivity index (χ1n) is 29.4. The summed E-state index contributed by atoms with van der Waals surface area (Å²) in [6.07, 6.45) is 64.9. The SMILES string of the molecule is CCCCCCC/C=C\CCCCCCCC(=O)OCCCCCCCCCCCCCCCCCCCCCCC(=O)NC(CO)C(O)CCCCCCCCCCCCCCCC. The van der Waals surface area contributed by atoms with Gasteiger partial charge in [0.15, 0.2) is 0 Å². The molecule has 0 aliphatic rings. The van der Waals surface area contributed by atoms with Gasteiger partial charge in [0.05, 0.1) is 25.4 Å². The summed E-state index contributed by atoms with van der Waals surface area (Å²) in [6.45, 7) is 4.95. The average Bonchev–Trinajstić information content (AvgIpc) is 3.31. The maximum atomic E-state index is 12.5. The third-order valence-electron chi connectivity index (χ3n) is 13.8. The van der Waals surface area contributed by atoms with Crippen molar-refractivity contribution >= 4 is 11.9 Å². The highest BCUT2D eigenvalue weighted by atomic mass is 16.5. The molecular formula is C59H115NO5. The zero-order valence-corrected chi connectivity index (χ0v) is 44.0. The number of rotatable bonds is 55. The lowest BCUT2D eigenvalue weighted by atomic mass is 10.0. The van der Waals surface area contributed by atoms with Crippen molar-refractivity contribution in [3.63, 3.8) is 0 Å². The second-order valence-electron chi connectivity index (χ2n) is 20.3. The molecule has 0 saturated heterocycles. The van der Waals surface area contributed by atoms with Crippen LogP contribution < -0.4 is 5.32 Å². The first-order valence-corrected chi connectivity index (χ1v) is 29.4. The van der Waals surface area contributed by atoms with Crippen LogP contribution in [0.1, 0.15) is 328 Å². The van der Waals surface area contributed by atoms with Crippen LogP contribution in [0.25, 0.3) is 0 Å². The van der Waals surface area contributed by atoms with Gasteiger partial charge in [0.1, 0.15) is 0 Å². The average molecular weight is 919 g/mol. The van der Waals surface area contributed by atoms with E-state index in [1.54, 1.807) is 0 Å². The Morgan fingerprint density at radius 2 is 0.723 bits per heavy atom. The fourth-order valence-corrected chi connectivity index (χ4v) is 9.28. The number of carbonyl (C=O) groups is 2. The van der Waals surface area contributed by atoms with Crippen LogP contribution in [-0.2, 0) is 14.3 Å². The predicted molar refractivity (Wildman–Crippen MR) is 283 cm³/mol. The van der Waals surface area contributed by atoms with Crippen LogP contribution in [0, 0.1) is 0 Å². The van der Waals surface area contributed by atoms with Gasteiger partial charge in [-0.1, -0.05) is 276 Å². The largest absolute Gasteiger partial charge is 0.466 e. The number of allylic oxidation sites excluding steroid dienone is 2. The van der Waals surface area contributed by atoms with Gasteiger partial charge in [0.25, 0.3) is 0 Å². The van der Waals surface area contributed by atoms with Crippen molar-refractivity contribution in [1.82, 2.24) is 5.32 Å². The summed E-state index contributed by atoms with van der Waals surface area (Å²) in [4.78, 5) is 24.5. The molecule has 6 nitrogen and oxygen atoms in total. The zero-order valence-electron chi connectivity index (χ0n) is 44.0. The Morgan fingerprint density at radius 1 is 0.415 bits per heavy atom. The van der Waals surface area contributed by atoms with Crippen molar-refractivity contribution in [1.29, 1.82) is 0 Å². The number of hydrogen-bond donors (Lipinski definition) is 3. The van der Waals surface area contributed by atoms with Gasteiger partial charge in [-0.2, -0.15) is 0 Å². The van der Waals surface area contributed by atoms with E-state index >= 15 is 0 Å². The normalized spacial score (nSPS) is 12.6. The lowest BCUT2D eigenvalue weighted by Crippen LogP contribution is -2.45. The van der Waals surface area contributed by atoms with Crippen molar-refractivity contribution in [3.8, 4) is 0 Å². The van der Waals surface area contributed by atoms with E-state index in [4.69, 9.17) is 4.74 Å². The Balaban J connectivity index is 3.38. The van der Waals surface area contributed by atoms with Gasteiger partial charge in [-0.3, -0.25) is 9.59 Å². The molecule has 6 heteroatoms. The fraction of sp³-hybridized carbons (Fsp3) is 0.932. The topological polar surface area (TPSA) is 95.9 Å². The molecule has 0 aromatic heterocycles. The van der Waals surface area contributed by atoms with Crippen molar-refractivity contribution < 1.29 is 24.5 Å². The van der Waals surface area contributed by atoms with Crippen LogP contribution in [0.4, 0.5) is 0 Å². The summed E-state index contributed by atoms with van der Waals surface area (Å²) in [7, 11) is 0. The summed E-state index contributed by atoms with van der Waals surface area (Å²) in [5, 5.41) is 23.3. The molecule has 0 heterocycles. The highest BCUT2D eigenvalue weighted by Crippen LogP contribution is 2.18. The van der Waals surface area contributed by atoms with Crippen LogP contribution >= 0.6 is 0 Å². The number of amides is 1. The zero-order chi connectivity index (χ0) is 47.2. The van der Waals surface area contributed by atoms with Gasteiger partial charge >= 0.3 is 5.97 Å². The molecule has 0 fully saturated rings. The number of carbonyl (C=O) groups excluding carboxylic acids is 2. The molecule has 0 aromatic carbocycles. The molecule has 0 saturated carbocycles. The minimum absolute atomic E-state index is 0.00260. The molecule has 0 aliphatic carbocycles. The van der Waals surface area contributed by atoms with Crippen LogP contribution in [-0.4, -0.2) is 47.4 Å². The summed E-state index contributed by atoms with van der Waals surface area (Å²) >= 11 is 0. The molecule has 65 heavy (non-hydrogen) atoms. The first-order chi connectivity index (χ1) is 32.0. The monoisotopic (exact) mass is 918 g/mol. The first kappa shape index (κ1) is 63.6. The number of unbranched alkanes of at least 4 members (excludes halogenated alkanes) is 42. The number of ether oxygens (including phenoxy) is 1. The molecule has 2 atom stereocenters. The fourth-order valence-electron chi connectivity index (χ4n) is 9.28. The van der Waals surface area contributed by atoms with E-state index < -0.39 is 12.1 Å². The number of esters is 1. The van der Waals surface area contributed by atoms with Crippen molar-refractivity contribution in [3.05, 3.63) is 12.2 Å². The summed E-state index contributed by atoms with van der Waals surface area (Å²) in [6, 6.07) is -0.542. The molecule has 3 N–H and O–H groups in total. The Labute approximate surface area is 406 Å². The molecule has 1 amide bonds. The van der Waals surface area contributed by atoms with Gasteiger partial charge < -0.3 is 20.3 Å². The number of nitrogens with one attached hydrogen (secondary N) is 1. The van der Waals surface area contributed by atoms with E-state index in [9.17, 15) is 19.8 Å². The van der Waals surface area contributed by atoms with Gasteiger partial charge in [-0.25, -0.2) is 0 Å². The standard InChI is InChI=1S/C59H115NO5/c1-3-5-7-9-11-13-15-17-27-31-35-39-43-47-51-57(62)56(55-61)60-58(63)52-48-44-40-36-32-28-25-23-21-19-20-22-24-26-30-34-38-42-46-50-54-65-59(64)53-49-45-41-37-33-29-18-16-14-12-10-8-6-4-2/h16,18,56-57,61-62H,3-15,17,19-55H2,1-2H3,(H,60,63)/b18-16-. The lowest BCUT2D eigenvalue weighted by molar-refractivity contribution is -0.143. The summed E-state index contributed by atoms with van der Waals surface area (Å²) in [5.74, 6) is -0.0326. The van der Waals surface area contributed by atoms with E-state index in [0.717, 1.165) is 44.9 Å². The van der Waals surface area contributed by atoms with E-state index in [2.05, 4.69) is 31.3 Å². The van der Waals surface area contributed by atoms with Crippen molar-refractivity contribution in [2.75, 3.05) is 13.2 Å². The maximum Gasteiger partial charge on any atom is 0.305 e. The molecule has 0 aliphatic heterocycles. The lowest BCUT2D eigenvalue weighted by Gasteiger charge is -2.22. The van der Waals surface area contributed by atoms with E-state index in [1.165, 1.54) is 250 Å². The molecule has 0 aromatic rings. The van der Waals surface area contributed by atoms with Gasteiger partial charge in [0, 0.05) is 12.8 Å². The Hall–Kier alpha value is -1.40. The predicted octanol–water partition coefficient (Wildman–Crippen LogP) is 18.1. The molecule has 2 unspecified atom stereocenters. The summed E-state index contributed by atoms with van der Waals surface area (Å²) < 4.78 is 5.47. The molecule has 0 bridgehead atoms. The second-order valence-corrected chi connectivity index (χ2v) is 20.3. The van der Waals surface area contributed by atoms with Gasteiger partial charge in [-0.05, 0) is 51.4 Å². The Morgan fingerprint density at radius 3 is 1.09 bits per heavy atom. The number of aliphatic hydroxyl groups excluding tert-OH is 2. The van der Waals surface area contributed by atoms with Crippen LogP contribution in [0.3, 0.4) is 0 Å². The third-order valence-corrected chi connectivity index (χ3v) is 13.8. The van der Waals surface area contributed by atoms with E-state index in [-0.39, 0.29) is 18.5 Å². The van der Waals surface area contributed by atoms with Crippen LogP contribution in [0.2, 0.25) is 0 Å². The quantitative estimate of drug-likeness (QED) is 0.0321. The molecule has 0 radical (unpaired) electrons. The minimum atomic E-state index is -0.664. The minimum Gasteiger partial charge on any atom is -0.466 e. The Bertz CT molecular complexity index is 970. The highest BCUT2D eigenvalue weighted by Gasteiger charge is 2.20. The van der Waals surface area contributed by atoms with Crippen molar-refractivity contribution in [2.45, 2.75) is 341 Å². The smallest absolute Gasteiger partial charge is 0.305 e. The number of hydrogen-bond acceptors (Lipinski definition) is 5. The van der Waals surface area contributed by atoms with E-state index in [0.29, 0.717) is 25.9 Å². The van der Waals surface area contributed by atoms with Gasteiger partial charge in [0.2, 0.25) is 5.91 Å². The van der Waals surface area contributed by atoms with E-state index in [1.807, 2.05) is 0 Å². The van der Waals surface area contributed by atoms with Gasteiger partial charge in [-0.15, -0.1) is 0 Å². The molecule has 0 spiro atoms. The molecule has 0 rings (SSSR count). The molecule has 386 valence electrons. The van der Waals surface area contributed by atoms with Crippen LogP contribution in [0.15, 0.2) is 12.2 Å². The highest BCUT2D eigenvalue weighted by molar-refractivity contribution is 5.76. The maximum absolute atomic E-state index is 12.5.